The van der Waals surface area contributed by atoms with Crippen LogP contribution in [0.4, 0.5) is 0 Å². The van der Waals surface area contributed by atoms with E-state index in [2.05, 4.69) is 27.1 Å². The number of nitriles is 1. The van der Waals surface area contributed by atoms with Crippen LogP contribution in [0.2, 0.25) is 0 Å². The number of imidazole rings is 1. The summed E-state index contributed by atoms with van der Waals surface area (Å²) in [5.74, 6) is 0.745. The highest BCUT2D eigenvalue weighted by Crippen LogP contribution is 2.24. The van der Waals surface area contributed by atoms with Gasteiger partial charge in [0.2, 0.25) is 0 Å². The van der Waals surface area contributed by atoms with Crippen LogP contribution >= 0.6 is 0 Å². The Bertz CT molecular complexity index is 1090. The molecule has 0 aliphatic heterocycles. The van der Waals surface area contributed by atoms with Crippen molar-refractivity contribution in [2.75, 3.05) is 0 Å². The molecule has 0 spiro atoms. The second-order valence-corrected chi connectivity index (χ2v) is 6.21. The average molecular weight is 339 g/mol. The van der Waals surface area contributed by atoms with Gasteiger partial charge in [0.05, 0.1) is 28.7 Å². The molecule has 5 nitrogen and oxygen atoms in total. The molecule has 0 aliphatic carbocycles. The summed E-state index contributed by atoms with van der Waals surface area (Å²) in [6, 6.07) is 19.5. The lowest BCUT2D eigenvalue weighted by Gasteiger charge is -2.08. The fourth-order valence-electron chi connectivity index (χ4n) is 3.05. The fourth-order valence-corrected chi connectivity index (χ4v) is 3.05. The van der Waals surface area contributed by atoms with E-state index in [9.17, 15) is 0 Å². The number of aromatic nitrogens is 3. The molecule has 3 N–H and O–H groups in total. The molecule has 4 rings (SSSR count). The largest absolute Gasteiger partial charge is 0.341 e. The van der Waals surface area contributed by atoms with Gasteiger partial charge in [-0.25, -0.2) is 4.98 Å². The molecule has 0 radical (unpaired) electrons. The predicted molar refractivity (Wildman–Crippen MR) is 101 cm³/mol. The molecule has 2 heterocycles. The third kappa shape index (κ3) is 3.18. The summed E-state index contributed by atoms with van der Waals surface area (Å²) in [5.41, 5.74) is 12.1. The molecule has 1 atom stereocenters. The van der Waals surface area contributed by atoms with Crippen LogP contribution in [0.3, 0.4) is 0 Å². The normalized spacial score (nSPS) is 12.0. The van der Waals surface area contributed by atoms with Crippen LogP contribution in [0, 0.1) is 11.3 Å². The maximum Gasteiger partial charge on any atom is 0.124 e. The maximum absolute atomic E-state index is 9.02. The Balaban J connectivity index is 1.61. The smallest absolute Gasteiger partial charge is 0.124 e. The standard InChI is InChI=1S/C21H17N5/c22-13-15-3-1-2-14(10-15)11-18(23)21-25-19-5-4-17(12-20(19)26-21)16-6-8-24-9-7-16/h1-10,12,18H,11,23H2,(H,25,26)/t18-/m0/s1. The van der Waals surface area contributed by atoms with Gasteiger partial charge in [-0.2, -0.15) is 5.26 Å². The monoisotopic (exact) mass is 339 g/mol. The number of hydrogen-bond donors (Lipinski definition) is 2. The Morgan fingerprint density at radius 1 is 1.04 bits per heavy atom. The highest BCUT2D eigenvalue weighted by Gasteiger charge is 2.13. The maximum atomic E-state index is 9.02. The predicted octanol–water partition coefficient (Wildman–Crippen LogP) is 3.74. The van der Waals surface area contributed by atoms with Crippen molar-refractivity contribution in [3.63, 3.8) is 0 Å². The van der Waals surface area contributed by atoms with Crippen LogP contribution in [0.25, 0.3) is 22.2 Å². The van der Waals surface area contributed by atoms with Gasteiger partial charge in [-0.15, -0.1) is 0 Å². The van der Waals surface area contributed by atoms with Gasteiger partial charge in [-0.1, -0.05) is 18.2 Å². The number of H-pyrrole nitrogens is 1. The summed E-state index contributed by atoms with van der Waals surface area (Å²) in [6.45, 7) is 0. The number of fused-ring (bicyclic) bond motifs is 1. The molecule has 0 saturated heterocycles. The van der Waals surface area contributed by atoms with Crippen LogP contribution in [0.15, 0.2) is 67.0 Å². The van der Waals surface area contributed by atoms with E-state index in [1.165, 1.54) is 0 Å². The number of pyridine rings is 1. The van der Waals surface area contributed by atoms with E-state index >= 15 is 0 Å². The van der Waals surface area contributed by atoms with Crippen LogP contribution in [-0.4, -0.2) is 15.0 Å². The third-order valence-corrected chi connectivity index (χ3v) is 4.38. The molecule has 126 valence electrons. The molecule has 0 fully saturated rings. The van der Waals surface area contributed by atoms with E-state index in [0.29, 0.717) is 12.0 Å². The minimum absolute atomic E-state index is 0.263. The van der Waals surface area contributed by atoms with Gasteiger partial charge in [-0.3, -0.25) is 4.98 Å². The molecule has 26 heavy (non-hydrogen) atoms. The van der Waals surface area contributed by atoms with Crippen molar-refractivity contribution in [1.29, 1.82) is 5.26 Å². The van der Waals surface area contributed by atoms with Gasteiger partial charge in [0.15, 0.2) is 0 Å². The quantitative estimate of drug-likeness (QED) is 0.592. The van der Waals surface area contributed by atoms with E-state index in [4.69, 9.17) is 11.0 Å². The summed E-state index contributed by atoms with van der Waals surface area (Å²) in [7, 11) is 0. The van der Waals surface area contributed by atoms with E-state index in [0.717, 1.165) is 33.5 Å². The molecule has 0 unspecified atom stereocenters. The summed E-state index contributed by atoms with van der Waals surface area (Å²) in [4.78, 5) is 12.0. The van der Waals surface area contributed by atoms with Crippen molar-refractivity contribution in [1.82, 2.24) is 15.0 Å². The molecule has 0 aliphatic rings. The topological polar surface area (TPSA) is 91.4 Å². The van der Waals surface area contributed by atoms with Crippen LogP contribution < -0.4 is 5.73 Å². The molecule has 2 aromatic heterocycles. The zero-order valence-corrected chi connectivity index (χ0v) is 14.1. The molecular formula is C21H17N5. The average Bonchev–Trinajstić information content (AvgIpc) is 3.12. The molecule has 2 aromatic carbocycles. The van der Waals surface area contributed by atoms with Gasteiger partial charge in [0, 0.05) is 12.4 Å². The number of nitrogens with two attached hydrogens (primary N) is 1. The summed E-state index contributed by atoms with van der Waals surface area (Å²) < 4.78 is 0. The van der Waals surface area contributed by atoms with E-state index in [-0.39, 0.29) is 6.04 Å². The van der Waals surface area contributed by atoms with Crippen molar-refractivity contribution in [3.05, 3.63) is 83.9 Å². The van der Waals surface area contributed by atoms with Crippen molar-refractivity contribution < 1.29 is 0 Å². The lowest BCUT2D eigenvalue weighted by molar-refractivity contribution is 0.680. The van der Waals surface area contributed by atoms with Crippen molar-refractivity contribution in [2.24, 2.45) is 5.73 Å². The fraction of sp³-hybridized carbons (Fsp3) is 0.0952. The van der Waals surface area contributed by atoms with Crippen LogP contribution in [0.5, 0.6) is 0 Å². The minimum Gasteiger partial charge on any atom is -0.341 e. The first-order chi connectivity index (χ1) is 12.7. The van der Waals surface area contributed by atoms with Crippen molar-refractivity contribution >= 4 is 11.0 Å². The SMILES string of the molecule is N#Cc1cccc(C[C@H](N)c2nc3ccc(-c4ccncc4)cc3[nH]2)c1. The Morgan fingerprint density at radius 2 is 1.88 bits per heavy atom. The minimum atomic E-state index is -0.263. The molecule has 0 saturated carbocycles. The second-order valence-electron chi connectivity index (χ2n) is 6.21. The van der Waals surface area contributed by atoms with Gasteiger partial charge >= 0.3 is 0 Å². The zero-order chi connectivity index (χ0) is 17.9. The Labute approximate surface area is 151 Å². The number of hydrogen-bond acceptors (Lipinski definition) is 4. The van der Waals surface area contributed by atoms with E-state index in [1.54, 1.807) is 18.5 Å². The molecule has 5 heteroatoms. The van der Waals surface area contributed by atoms with Gasteiger partial charge in [0.1, 0.15) is 5.82 Å². The molecule has 0 bridgehead atoms. The van der Waals surface area contributed by atoms with E-state index in [1.807, 2.05) is 42.5 Å². The first kappa shape index (κ1) is 16.0. The zero-order valence-electron chi connectivity index (χ0n) is 14.1. The summed E-state index contributed by atoms with van der Waals surface area (Å²) >= 11 is 0. The molecule has 4 aromatic rings. The van der Waals surface area contributed by atoms with Crippen LogP contribution in [0.1, 0.15) is 23.0 Å². The first-order valence-electron chi connectivity index (χ1n) is 8.37. The number of benzene rings is 2. The van der Waals surface area contributed by atoms with Gasteiger partial charge in [-0.05, 0) is 59.5 Å². The Morgan fingerprint density at radius 3 is 2.69 bits per heavy atom. The van der Waals surface area contributed by atoms with Crippen molar-refractivity contribution in [3.8, 4) is 17.2 Å². The lowest BCUT2D eigenvalue weighted by atomic mass is 10.0. The number of nitrogens with zero attached hydrogens (tertiary/aromatic N) is 3. The lowest BCUT2D eigenvalue weighted by Crippen LogP contribution is -2.15. The highest BCUT2D eigenvalue weighted by atomic mass is 15.0. The highest BCUT2D eigenvalue weighted by molar-refractivity contribution is 5.82. The van der Waals surface area contributed by atoms with Crippen LogP contribution in [-0.2, 0) is 6.42 Å². The van der Waals surface area contributed by atoms with E-state index < -0.39 is 0 Å². The Kier molecular flexibility index (Phi) is 4.18. The van der Waals surface area contributed by atoms with Crippen molar-refractivity contribution in [2.45, 2.75) is 12.5 Å². The number of rotatable bonds is 4. The third-order valence-electron chi connectivity index (χ3n) is 4.38. The first-order valence-corrected chi connectivity index (χ1v) is 8.37. The molecular weight excluding hydrogens is 322 g/mol. The summed E-state index contributed by atoms with van der Waals surface area (Å²) in [5, 5.41) is 9.02. The second kappa shape index (κ2) is 6.79. The Hall–Kier alpha value is -3.49. The summed E-state index contributed by atoms with van der Waals surface area (Å²) in [6.07, 6.45) is 4.18. The molecule has 0 amide bonds. The number of aromatic amines is 1. The van der Waals surface area contributed by atoms with Gasteiger partial charge in [0.25, 0.3) is 0 Å². The van der Waals surface area contributed by atoms with Gasteiger partial charge < -0.3 is 10.7 Å². The number of nitrogens with one attached hydrogen (secondary N) is 1.